The summed E-state index contributed by atoms with van der Waals surface area (Å²) < 4.78 is 41.8. The second-order valence-corrected chi connectivity index (χ2v) is 8.94. The average Bonchev–Trinajstić information content (AvgIpc) is 3.12. The summed E-state index contributed by atoms with van der Waals surface area (Å²) in [6.07, 6.45) is 0. The second-order valence-electron chi connectivity index (χ2n) is 6.62. The van der Waals surface area contributed by atoms with Crippen molar-refractivity contribution in [3.05, 3.63) is 70.5 Å². The van der Waals surface area contributed by atoms with Crippen LogP contribution in [0.5, 0.6) is 0 Å². The zero-order chi connectivity index (χ0) is 21.2. The summed E-state index contributed by atoms with van der Waals surface area (Å²) in [4.78, 5) is 4.05. The van der Waals surface area contributed by atoms with Gasteiger partial charge in [-0.1, -0.05) is 35.9 Å². The lowest BCUT2D eigenvalue weighted by atomic mass is 9.90. The summed E-state index contributed by atoms with van der Waals surface area (Å²) in [5.41, 5.74) is 2.20. The highest BCUT2D eigenvalue weighted by atomic mass is 35.5. The molecule has 1 aliphatic rings. The van der Waals surface area contributed by atoms with E-state index < -0.39 is 10.2 Å². The first kappa shape index (κ1) is 21.2. The zero-order valence-corrected chi connectivity index (χ0v) is 17.7. The molecule has 0 aromatic heterocycles. The van der Waals surface area contributed by atoms with Gasteiger partial charge in [0, 0.05) is 32.1 Å². The summed E-state index contributed by atoms with van der Waals surface area (Å²) in [6, 6.07) is 13.4. The predicted octanol–water partition coefficient (Wildman–Crippen LogP) is 2.66. The first-order valence-corrected chi connectivity index (χ1v) is 10.6. The van der Waals surface area contributed by atoms with E-state index in [1.807, 2.05) is 18.2 Å². The summed E-state index contributed by atoms with van der Waals surface area (Å²) in [5, 5.41) is 6.66. The van der Waals surface area contributed by atoms with Gasteiger partial charge in [0.1, 0.15) is 5.82 Å². The molecular formula is C19H21ClFN5O2S. The van der Waals surface area contributed by atoms with Crippen LogP contribution in [0.25, 0.3) is 0 Å². The van der Waals surface area contributed by atoms with Gasteiger partial charge in [-0.25, -0.2) is 14.1 Å². The summed E-state index contributed by atoms with van der Waals surface area (Å²) in [6.45, 7) is 0.296. The smallest absolute Gasteiger partial charge is 0.254 e. The minimum absolute atomic E-state index is 0.0732. The Morgan fingerprint density at radius 3 is 2.55 bits per heavy atom. The molecule has 0 spiro atoms. The Labute approximate surface area is 174 Å². The van der Waals surface area contributed by atoms with Crippen LogP contribution in [0.3, 0.4) is 0 Å². The highest BCUT2D eigenvalue weighted by Crippen LogP contribution is 2.30. The van der Waals surface area contributed by atoms with Gasteiger partial charge in [-0.2, -0.15) is 17.8 Å². The molecule has 0 amide bonds. The lowest BCUT2D eigenvalue weighted by Crippen LogP contribution is -2.45. The maximum Gasteiger partial charge on any atom is 0.303 e. The molecule has 7 nitrogen and oxygen atoms in total. The molecule has 10 heteroatoms. The van der Waals surface area contributed by atoms with E-state index in [-0.39, 0.29) is 17.7 Å². The number of hydrogen-bond acceptors (Lipinski definition) is 4. The molecule has 3 rings (SSSR count). The zero-order valence-electron chi connectivity index (χ0n) is 16.2. The van der Waals surface area contributed by atoms with E-state index in [2.05, 4.69) is 14.8 Å². The molecule has 0 saturated carbocycles. The van der Waals surface area contributed by atoms with Crippen LogP contribution >= 0.6 is 11.6 Å². The van der Waals surface area contributed by atoms with Crippen molar-refractivity contribution in [2.75, 3.05) is 27.7 Å². The van der Waals surface area contributed by atoms with Crippen LogP contribution in [0.2, 0.25) is 5.02 Å². The normalized spacial score (nSPS) is 17.6. The maximum atomic E-state index is 13.8. The molecule has 0 saturated heterocycles. The van der Waals surface area contributed by atoms with Crippen LogP contribution in [0.15, 0.2) is 58.6 Å². The van der Waals surface area contributed by atoms with E-state index in [0.717, 1.165) is 15.4 Å². The summed E-state index contributed by atoms with van der Waals surface area (Å²) in [5.74, 6) is -0.564. The molecule has 154 valence electrons. The number of hydrogen-bond donors (Lipinski definition) is 1. The molecule has 0 fully saturated rings. The van der Waals surface area contributed by atoms with Crippen molar-refractivity contribution in [1.29, 1.82) is 0 Å². The van der Waals surface area contributed by atoms with E-state index in [4.69, 9.17) is 11.6 Å². The Balaban J connectivity index is 2.01. The number of rotatable bonds is 4. The van der Waals surface area contributed by atoms with Gasteiger partial charge in [0.2, 0.25) is 5.96 Å². The molecule has 1 heterocycles. The van der Waals surface area contributed by atoms with Crippen molar-refractivity contribution in [2.24, 2.45) is 10.1 Å². The van der Waals surface area contributed by atoms with Crippen molar-refractivity contribution in [1.82, 2.24) is 14.0 Å². The Hall–Kier alpha value is -2.49. The molecule has 1 atom stereocenters. The quantitative estimate of drug-likeness (QED) is 0.590. The van der Waals surface area contributed by atoms with Crippen LogP contribution in [0, 0.1) is 5.82 Å². The summed E-state index contributed by atoms with van der Waals surface area (Å²) >= 11 is 6.00. The molecule has 29 heavy (non-hydrogen) atoms. The van der Waals surface area contributed by atoms with Gasteiger partial charge in [0.25, 0.3) is 0 Å². The maximum absolute atomic E-state index is 13.8. The van der Waals surface area contributed by atoms with Crippen molar-refractivity contribution in [3.63, 3.8) is 0 Å². The molecule has 1 aliphatic heterocycles. The Bertz CT molecular complexity index is 1050. The third kappa shape index (κ3) is 4.75. The molecule has 2 aromatic rings. The number of halogens is 2. The van der Waals surface area contributed by atoms with Gasteiger partial charge in [-0.05, 0) is 35.4 Å². The summed E-state index contributed by atoms with van der Waals surface area (Å²) in [7, 11) is 0.542. The highest BCUT2D eigenvalue weighted by Gasteiger charge is 2.33. The fraction of sp³-hybridized carbons (Fsp3) is 0.263. The van der Waals surface area contributed by atoms with E-state index >= 15 is 0 Å². The lowest BCUT2D eigenvalue weighted by Gasteiger charge is -2.21. The van der Waals surface area contributed by atoms with E-state index in [0.29, 0.717) is 17.3 Å². The van der Waals surface area contributed by atoms with Gasteiger partial charge in [0.05, 0.1) is 12.3 Å². The Morgan fingerprint density at radius 1 is 1.28 bits per heavy atom. The molecule has 0 unspecified atom stereocenters. The van der Waals surface area contributed by atoms with Crippen LogP contribution in [-0.4, -0.2) is 57.1 Å². The van der Waals surface area contributed by atoms with Crippen molar-refractivity contribution >= 4 is 33.5 Å². The number of aliphatic imine (C=N–C) groups is 1. The van der Waals surface area contributed by atoms with Crippen LogP contribution < -0.4 is 4.72 Å². The highest BCUT2D eigenvalue weighted by molar-refractivity contribution is 7.87. The third-order valence-electron chi connectivity index (χ3n) is 4.46. The first-order valence-electron chi connectivity index (χ1n) is 8.76. The Morgan fingerprint density at radius 2 is 1.97 bits per heavy atom. The molecular weight excluding hydrogens is 417 g/mol. The molecule has 2 aromatic carbocycles. The molecule has 0 bridgehead atoms. The molecule has 1 N–H and O–H groups in total. The van der Waals surface area contributed by atoms with Crippen LogP contribution in [0.4, 0.5) is 4.39 Å². The van der Waals surface area contributed by atoms with Crippen LogP contribution in [-0.2, 0) is 10.2 Å². The monoisotopic (exact) mass is 437 g/mol. The number of guanidine groups is 1. The second kappa shape index (κ2) is 8.48. The predicted molar refractivity (Wildman–Crippen MR) is 113 cm³/mol. The van der Waals surface area contributed by atoms with Crippen molar-refractivity contribution in [3.8, 4) is 0 Å². The number of nitrogens with one attached hydrogen (secondary N) is 1. The number of hydrazone groups is 1. The van der Waals surface area contributed by atoms with Gasteiger partial charge in [0.15, 0.2) is 0 Å². The minimum atomic E-state index is -3.76. The van der Waals surface area contributed by atoms with Crippen LogP contribution in [0.1, 0.15) is 17.0 Å². The van der Waals surface area contributed by atoms with Crippen molar-refractivity contribution in [2.45, 2.75) is 5.92 Å². The number of benzene rings is 2. The standard InChI is InChI=1S/C19H21ClFN5O2S/c1-22-19(24-29(27,28)25(2)3)26-12-17(14-5-4-6-16(21)11-14)18(23-26)13-7-9-15(20)10-8-13/h4-11,17H,12H2,1-3H3,(H,22,24)/t17-/m0/s1. The van der Waals surface area contributed by atoms with Gasteiger partial charge < -0.3 is 0 Å². The lowest BCUT2D eigenvalue weighted by molar-refractivity contribution is 0.456. The number of nitrogens with zero attached hydrogens (tertiary/aromatic N) is 4. The fourth-order valence-corrected chi connectivity index (χ4v) is 3.66. The topological polar surface area (TPSA) is 77.4 Å². The molecule has 0 aliphatic carbocycles. The van der Waals surface area contributed by atoms with Gasteiger partial charge >= 0.3 is 10.2 Å². The third-order valence-corrected chi connectivity index (χ3v) is 6.12. The fourth-order valence-electron chi connectivity index (χ4n) is 2.92. The van der Waals surface area contributed by atoms with E-state index in [1.165, 1.54) is 38.3 Å². The van der Waals surface area contributed by atoms with Crippen molar-refractivity contribution < 1.29 is 12.8 Å². The van der Waals surface area contributed by atoms with Gasteiger partial charge in [-0.15, -0.1) is 0 Å². The van der Waals surface area contributed by atoms with Gasteiger partial charge in [-0.3, -0.25) is 4.99 Å². The first-order chi connectivity index (χ1) is 13.7. The minimum Gasteiger partial charge on any atom is -0.254 e. The average molecular weight is 438 g/mol. The Kier molecular flexibility index (Phi) is 6.21. The molecule has 0 radical (unpaired) electrons. The van der Waals surface area contributed by atoms with E-state index in [1.54, 1.807) is 18.2 Å². The largest absolute Gasteiger partial charge is 0.303 e. The SMILES string of the molecule is CN=C(NS(=O)(=O)N(C)C)N1C[C@@H](c2cccc(F)c2)C(c2ccc(Cl)cc2)=N1. The van der Waals surface area contributed by atoms with E-state index in [9.17, 15) is 12.8 Å².